The number of hydrogen-bond acceptors (Lipinski definition) is 2. The molecule has 2 heterocycles. The number of H-pyrrole nitrogens is 1. The van der Waals surface area contributed by atoms with Gasteiger partial charge in [0, 0.05) is 18.1 Å². The van der Waals surface area contributed by atoms with E-state index in [9.17, 15) is 0 Å². The van der Waals surface area contributed by atoms with Crippen LogP contribution in [0.5, 0.6) is 0 Å². The molecule has 0 aliphatic carbocycles. The molecule has 0 aromatic carbocycles. The van der Waals surface area contributed by atoms with Gasteiger partial charge in [0.1, 0.15) is 0 Å². The highest BCUT2D eigenvalue weighted by Crippen LogP contribution is 2.13. The molecule has 0 fully saturated rings. The third-order valence-electron chi connectivity index (χ3n) is 2.33. The van der Waals surface area contributed by atoms with Gasteiger partial charge in [-0.2, -0.15) is 0 Å². The Labute approximate surface area is 93.8 Å². The minimum absolute atomic E-state index is 0.722. The third kappa shape index (κ3) is 1.85. The van der Waals surface area contributed by atoms with Gasteiger partial charge in [0.25, 0.3) is 0 Å². The molecule has 78 valence electrons. The van der Waals surface area contributed by atoms with Crippen molar-refractivity contribution in [3.8, 4) is 5.69 Å². The lowest BCUT2D eigenvalue weighted by Crippen LogP contribution is -2.00. The van der Waals surface area contributed by atoms with Crippen LogP contribution in [0.15, 0.2) is 24.7 Å². The summed E-state index contributed by atoms with van der Waals surface area (Å²) in [6.45, 7) is 4.13. The van der Waals surface area contributed by atoms with Crippen LogP contribution in [-0.2, 0) is 6.42 Å². The number of hydrogen-bond donors (Lipinski definition) is 1. The normalized spacial score (nSPS) is 10.5. The van der Waals surface area contributed by atoms with E-state index < -0.39 is 0 Å². The Hall–Kier alpha value is -1.42. The highest BCUT2D eigenvalue weighted by atomic mass is 32.1. The fourth-order valence-corrected chi connectivity index (χ4v) is 1.89. The largest absolute Gasteiger partial charge is 0.337 e. The van der Waals surface area contributed by atoms with Crippen LogP contribution in [0.3, 0.4) is 0 Å². The van der Waals surface area contributed by atoms with Crippen molar-refractivity contribution in [3.05, 3.63) is 40.7 Å². The summed E-state index contributed by atoms with van der Waals surface area (Å²) in [4.78, 5) is 7.23. The third-order valence-corrected chi connectivity index (χ3v) is 2.63. The van der Waals surface area contributed by atoms with E-state index in [2.05, 4.69) is 23.0 Å². The summed E-state index contributed by atoms with van der Waals surface area (Å²) in [5, 5.41) is 0. The molecule has 1 N–H and O–H groups in total. The molecule has 0 saturated carbocycles. The molecule has 0 amide bonds. The summed E-state index contributed by atoms with van der Waals surface area (Å²) in [5.41, 5.74) is 3.34. The Morgan fingerprint density at radius 2 is 2.27 bits per heavy atom. The van der Waals surface area contributed by atoms with Gasteiger partial charge in [-0.1, -0.05) is 6.92 Å². The van der Waals surface area contributed by atoms with Crippen LogP contribution in [-0.4, -0.2) is 14.5 Å². The first-order chi connectivity index (χ1) is 7.22. The maximum absolute atomic E-state index is 5.24. The van der Waals surface area contributed by atoms with Crippen LogP contribution < -0.4 is 0 Å². The quantitative estimate of drug-likeness (QED) is 0.788. The second kappa shape index (κ2) is 3.98. The summed E-state index contributed by atoms with van der Waals surface area (Å²) in [7, 11) is 0. The molecule has 0 atom stereocenters. The van der Waals surface area contributed by atoms with Crippen molar-refractivity contribution >= 4 is 12.2 Å². The van der Waals surface area contributed by atoms with E-state index in [1.165, 1.54) is 5.69 Å². The van der Waals surface area contributed by atoms with E-state index in [-0.39, 0.29) is 0 Å². The van der Waals surface area contributed by atoms with Crippen molar-refractivity contribution in [3.63, 3.8) is 0 Å². The van der Waals surface area contributed by atoms with Gasteiger partial charge in [-0.3, -0.25) is 9.55 Å². The number of rotatable bonds is 2. The van der Waals surface area contributed by atoms with Crippen molar-refractivity contribution in [1.82, 2.24) is 14.5 Å². The molecule has 4 heteroatoms. The fraction of sp³-hybridized carbons (Fsp3) is 0.273. The maximum atomic E-state index is 5.24. The van der Waals surface area contributed by atoms with Gasteiger partial charge in [-0.25, -0.2) is 0 Å². The average molecular weight is 219 g/mol. The van der Waals surface area contributed by atoms with Gasteiger partial charge < -0.3 is 4.98 Å². The number of pyridine rings is 1. The highest BCUT2D eigenvalue weighted by Gasteiger charge is 2.04. The first-order valence-electron chi connectivity index (χ1n) is 4.93. The van der Waals surface area contributed by atoms with Crippen molar-refractivity contribution in [1.29, 1.82) is 0 Å². The molecule has 0 saturated heterocycles. The van der Waals surface area contributed by atoms with Gasteiger partial charge in [0.2, 0.25) is 0 Å². The van der Waals surface area contributed by atoms with E-state index >= 15 is 0 Å². The second-order valence-electron chi connectivity index (χ2n) is 3.49. The Balaban J connectivity index is 2.62. The van der Waals surface area contributed by atoms with Crippen molar-refractivity contribution in [2.24, 2.45) is 0 Å². The van der Waals surface area contributed by atoms with Gasteiger partial charge in [-0.15, -0.1) is 0 Å². The number of imidazole rings is 1. The van der Waals surface area contributed by atoms with Crippen molar-refractivity contribution < 1.29 is 0 Å². The summed E-state index contributed by atoms with van der Waals surface area (Å²) >= 11 is 5.24. The molecule has 2 aromatic heterocycles. The molecule has 0 bridgehead atoms. The Bertz CT molecular complexity index is 525. The lowest BCUT2D eigenvalue weighted by atomic mass is 10.3. The van der Waals surface area contributed by atoms with E-state index in [1.807, 2.05) is 30.1 Å². The predicted octanol–water partition coefficient (Wildman–Crippen LogP) is 2.80. The molecule has 0 radical (unpaired) electrons. The monoisotopic (exact) mass is 219 g/mol. The zero-order valence-electron chi connectivity index (χ0n) is 8.82. The average Bonchev–Trinajstić information content (AvgIpc) is 2.59. The van der Waals surface area contributed by atoms with Gasteiger partial charge in [-0.05, 0) is 37.2 Å². The van der Waals surface area contributed by atoms with Crippen LogP contribution >= 0.6 is 12.2 Å². The van der Waals surface area contributed by atoms with Gasteiger partial charge in [0.15, 0.2) is 4.77 Å². The number of aromatic nitrogens is 3. The standard InChI is InChI=1S/C11H13N3S/c1-3-9-7-13-11(15)14(9)10-4-8(2)5-12-6-10/h4-7H,3H2,1-2H3,(H,13,15). The van der Waals surface area contributed by atoms with E-state index in [1.54, 1.807) is 0 Å². The van der Waals surface area contributed by atoms with Gasteiger partial charge >= 0.3 is 0 Å². The second-order valence-corrected chi connectivity index (χ2v) is 3.88. The van der Waals surface area contributed by atoms with Gasteiger partial charge in [0.05, 0.1) is 11.9 Å². The molecule has 3 nitrogen and oxygen atoms in total. The zero-order valence-corrected chi connectivity index (χ0v) is 9.64. The Morgan fingerprint density at radius 1 is 1.47 bits per heavy atom. The lowest BCUT2D eigenvalue weighted by Gasteiger charge is -2.06. The summed E-state index contributed by atoms with van der Waals surface area (Å²) in [6.07, 6.45) is 6.56. The SMILES string of the molecule is CCc1c[nH]c(=S)n1-c1cncc(C)c1. The molecule has 0 aliphatic rings. The summed E-state index contributed by atoms with van der Waals surface area (Å²) in [6, 6.07) is 2.08. The van der Waals surface area contributed by atoms with Crippen LogP contribution in [0.1, 0.15) is 18.2 Å². The fourth-order valence-electron chi connectivity index (χ4n) is 1.61. The topological polar surface area (TPSA) is 33.6 Å². The summed E-state index contributed by atoms with van der Waals surface area (Å²) in [5.74, 6) is 0. The number of aromatic amines is 1. The Morgan fingerprint density at radius 3 is 2.93 bits per heavy atom. The van der Waals surface area contributed by atoms with Crippen LogP contribution in [0, 0.1) is 11.7 Å². The predicted molar refractivity (Wildman–Crippen MR) is 62.9 cm³/mol. The minimum atomic E-state index is 0.722. The Kier molecular flexibility index (Phi) is 2.68. The molecule has 0 spiro atoms. The van der Waals surface area contributed by atoms with Crippen molar-refractivity contribution in [2.45, 2.75) is 20.3 Å². The minimum Gasteiger partial charge on any atom is -0.337 e. The maximum Gasteiger partial charge on any atom is 0.182 e. The smallest absolute Gasteiger partial charge is 0.182 e. The molecule has 15 heavy (non-hydrogen) atoms. The molecule has 2 aromatic rings. The van der Waals surface area contributed by atoms with E-state index in [0.29, 0.717) is 0 Å². The molecule has 0 aliphatic heterocycles. The molecule has 2 rings (SSSR count). The highest BCUT2D eigenvalue weighted by molar-refractivity contribution is 7.71. The number of nitrogens with one attached hydrogen (secondary N) is 1. The molecular formula is C11H13N3S. The first-order valence-corrected chi connectivity index (χ1v) is 5.34. The van der Waals surface area contributed by atoms with Crippen LogP contribution in [0.4, 0.5) is 0 Å². The zero-order chi connectivity index (χ0) is 10.8. The van der Waals surface area contributed by atoms with Crippen molar-refractivity contribution in [2.75, 3.05) is 0 Å². The summed E-state index contributed by atoms with van der Waals surface area (Å²) < 4.78 is 2.74. The lowest BCUT2D eigenvalue weighted by molar-refractivity contribution is 0.913. The number of aryl methyl sites for hydroxylation is 2. The molecular weight excluding hydrogens is 206 g/mol. The van der Waals surface area contributed by atoms with E-state index in [0.717, 1.165) is 22.4 Å². The van der Waals surface area contributed by atoms with Crippen LogP contribution in [0.2, 0.25) is 0 Å². The number of nitrogens with zero attached hydrogens (tertiary/aromatic N) is 2. The van der Waals surface area contributed by atoms with Crippen LogP contribution in [0.25, 0.3) is 5.69 Å². The molecule has 0 unspecified atom stereocenters. The first kappa shape index (κ1) is 10.1. The van der Waals surface area contributed by atoms with E-state index in [4.69, 9.17) is 12.2 Å².